The highest BCUT2D eigenvalue weighted by Crippen LogP contribution is 2.50. The molecule has 0 unspecified atom stereocenters. The molecule has 2 aliphatic rings. The fourth-order valence-electron chi connectivity index (χ4n) is 2.85. The summed E-state index contributed by atoms with van der Waals surface area (Å²) in [7, 11) is 0. The third kappa shape index (κ3) is 1.44. The molecule has 0 aromatic rings. The lowest BCUT2D eigenvalue weighted by Crippen LogP contribution is -2.37. The first kappa shape index (κ1) is 10.2. The minimum atomic E-state index is -1.53. The number of hydrogen-bond acceptors (Lipinski definition) is 2. The Morgan fingerprint density at radius 1 is 1.00 bits per heavy atom. The van der Waals surface area contributed by atoms with Crippen molar-refractivity contribution < 1.29 is 19.8 Å². The molecule has 2 atom stereocenters. The molecule has 2 rings (SSSR count). The summed E-state index contributed by atoms with van der Waals surface area (Å²) in [6, 6.07) is 0. The van der Waals surface area contributed by atoms with Crippen molar-refractivity contribution in [2.24, 2.45) is 17.3 Å². The molecule has 0 amide bonds. The molecule has 2 aliphatic carbocycles. The molecule has 0 spiro atoms. The quantitative estimate of drug-likeness (QED) is 0.535. The third-order valence-electron chi connectivity index (χ3n) is 3.75. The summed E-state index contributed by atoms with van der Waals surface area (Å²) in [5, 5.41) is 18.2. The summed E-state index contributed by atoms with van der Waals surface area (Å²) >= 11 is 0. The van der Waals surface area contributed by atoms with E-state index in [4.69, 9.17) is 10.2 Å². The second kappa shape index (κ2) is 3.36. The first-order valence-corrected chi connectivity index (χ1v) is 5.18. The largest absolute Gasteiger partial charge is 0.480 e. The van der Waals surface area contributed by atoms with Crippen LogP contribution in [0.15, 0.2) is 12.2 Å². The van der Waals surface area contributed by atoms with E-state index in [2.05, 4.69) is 0 Å². The van der Waals surface area contributed by atoms with Gasteiger partial charge in [0, 0.05) is 0 Å². The Balaban J connectivity index is 2.25. The highest BCUT2D eigenvalue weighted by atomic mass is 16.4. The van der Waals surface area contributed by atoms with Gasteiger partial charge >= 0.3 is 11.9 Å². The molecule has 4 nitrogen and oxygen atoms in total. The van der Waals surface area contributed by atoms with Crippen LogP contribution < -0.4 is 0 Å². The molecule has 1 saturated carbocycles. The zero-order chi connectivity index (χ0) is 11.1. The van der Waals surface area contributed by atoms with E-state index in [0.717, 1.165) is 12.8 Å². The Morgan fingerprint density at radius 2 is 1.40 bits per heavy atom. The highest BCUT2D eigenvalue weighted by Gasteiger charge is 2.55. The van der Waals surface area contributed by atoms with Crippen LogP contribution in [0.2, 0.25) is 0 Å². The number of carbonyl (C=O) groups is 2. The number of hydrogen-bond donors (Lipinski definition) is 2. The van der Waals surface area contributed by atoms with Crippen LogP contribution in [0.5, 0.6) is 0 Å². The topological polar surface area (TPSA) is 74.6 Å². The van der Waals surface area contributed by atoms with Crippen LogP contribution in [0.3, 0.4) is 0 Å². The molecule has 0 heterocycles. The molecule has 82 valence electrons. The van der Waals surface area contributed by atoms with Crippen LogP contribution in [0.4, 0.5) is 0 Å². The molecule has 4 heteroatoms. The standard InChI is InChI=1S/C11H14O4/c12-9(13)11(10(14)15)5-7-3-1-2-4-8(7)6-11/h1-2,7-8H,3-6H2,(H,12,13)(H,14,15)/t7-,8-/m1/s1. The van der Waals surface area contributed by atoms with Crippen LogP contribution in [-0.2, 0) is 9.59 Å². The average Bonchev–Trinajstić information content (AvgIpc) is 2.57. The first-order valence-electron chi connectivity index (χ1n) is 5.18. The van der Waals surface area contributed by atoms with Crippen molar-refractivity contribution in [1.82, 2.24) is 0 Å². The van der Waals surface area contributed by atoms with Gasteiger partial charge in [-0.3, -0.25) is 9.59 Å². The van der Waals surface area contributed by atoms with Gasteiger partial charge < -0.3 is 10.2 Å². The summed E-state index contributed by atoms with van der Waals surface area (Å²) in [6.45, 7) is 0. The van der Waals surface area contributed by atoms with E-state index in [0.29, 0.717) is 0 Å². The number of carboxylic acids is 2. The maximum Gasteiger partial charge on any atom is 0.321 e. The molecule has 0 aliphatic heterocycles. The number of fused-ring (bicyclic) bond motifs is 1. The monoisotopic (exact) mass is 210 g/mol. The summed E-state index contributed by atoms with van der Waals surface area (Å²) in [4.78, 5) is 22.2. The van der Waals surface area contributed by atoms with E-state index in [1.807, 2.05) is 12.2 Å². The summed E-state index contributed by atoms with van der Waals surface area (Å²) in [5.41, 5.74) is -1.53. The van der Waals surface area contributed by atoms with Crippen molar-refractivity contribution in [3.8, 4) is 0 Å². The summed E-state index contributed by atoms with van der Waals surface area (Å²) < 4.78 is 0. The minimum absolute atomic E-state index is 0.238. The lowest BCUT2D eigenvalue weighted by atomic mass is 9.85. The van der Waals surface area contributed by atoms with Gasteiger partial charge in [-0.25, -0.2) is 0 Å². The van der Waals surface area contributed by atoms with Gasteiger partial charge in [0.25, 0.3) is 0 Å². The van der Waals surface area contributed by atoms with Crippen molar-refractivity contribution >= 4 is 11.9 Å². The minimum Gasteiger partial charge on any atom is -0.480 e. The van der Waals surface area contributed by atoms with Gasteiger partial charge in [0.05, 0.1) is 0 Å². The van der Waals surface area contributed by atoms with Gasteiger partial charge in [-0.2, -0.15) is 0 Å². The van der Waals surface area contributed by atoms with Gasteiger partial charge in [-0.15, -0.1) is 0 Å². The number of carboxylic acid groups (broad SMARTS) is 2. The molecule has 0 saturated heterocycles. The summed E-state index contributed by atoms with van der Waals surface area (Å²) in [6.07, 6.45) is 6.28. The number of allylic oxidation sites excluding steroid dienone is 2. The highest BCUT2D eigenvalue weighted by molar-refractivity contribution is 5.98. The summed E-state index contributed by atoms with van der Waals surface area (Å²) in [5.74, 6) is -1.88. The molecule has 0 aromatic heterocycles. The van der Waals surface area contributed by atoms with Gasteiger partial charge in [-0.05, 0) is 37.5 Å². The smallest absolute Gasteiger partial charge is 0.321 e. The SMILES string of the molecule is O=C(O)C1(C(=O)O)C[C@H]2CC=CC[C@@H]2C1. The van der Waals surface area contributed by atoms with Crippen LogP contribution in [0.1, 0.15) is 25.7 Å². The molecule has 1 fully saturated rings. The molecule has 0 aromatic carbocycles. The third-order valence-corrected chi connectivity index (χ3v) is 3.75. The fourth-order valence-corrected chi connectivity index (χ4v) is 2.85. The fraction of sp³-hybridized carbons (Fsp3) is 0.636. The zero-order valence-electron chi connectivity index (χ0n) is 8.35. The van der Waals surface area contributed by atoms with Crippen molar-refractivity contribution in [3.63, 3.8) is 0 Å². The van der Waals surface area contributed by atoms with Crippen LogP contribution in [-0.4, -0.2) is 22.2 Å². The Bertz CT molecular complexity index is 299. The Kier molecular flexibility index (Phi) is 2.29. The number of rotatable bonds is 2. The maximum absolute atomic E-state index is 11.1. The van der Waals surface area contributed by atoms with E-state index in [-0.39, 0.29) is 24.7 Å². The van der Waals surface area contributed by atoms with E-state index in [1.165, 1.54) is 0 Å². The van der Waals surface area contributed by atoms with Crippen LogP contribution in [0, 0.1) is 17.3 Å². The zero-order valence-corrected chi connectivity index (χ0v) is 8.35. The van der Waals surface area contributed by atoms with E-state index in [9.17, 15) is 9.59 Å². The van der Waals surface area contributed by atoms with Crippen molar-refractivity contribution in [2.45, 2.75) is 25.7 Å². The van der Waals surface area contributed by atoms with E-state index in [1.54, 1.807) is 0 Å². The molecule has 0 bridgehead atoms. The Labute approximate surface area is 87.6 Å². The lowest BCUT2D eigenvalue weighted by Gasteiger charge is -2.19. The molecular formula is C11H14O4. The van der Waals surface area contributed by atoms with Crippen LogP contribution >= 0.6 is 0 Å². The normalized spacial score (nSPS) is 32.3. The number of aliphatic carboxylic acids is 2. The molecular weight excluding hydrogens is 196 g/mol. The van der Waals surface area contributed by atoms with Gasteiger partial charge in [0.1, 0.15) is 0 Å². The van der Waals surface area contributed by atoms with Gasteiger partial charge in [-0.1, -0.05) is 12.2 Å². The van der Waals surface area contributed by atoms with Crippen molar-refractivity contribution in [2.75, 3.05) is 0 Å². The second-order valence-electron chi connectivity index (χ2n) is 4.56. The average molecular weight is 210 g/mol. The first-order chi connectivity index (χ1) is 7.06. The van der Waals surface area contributed by atoms with E-state index < -0.39 is 17.4 Å². The van der Waals surface area contributed by atoms with Crippen molar-refractivity contribution in [3.05, 3.63) is 12.2 Å². The van der Waals surface area contributed by atoms with Gasteiger partial charge in [0.2, 0.25) is 0 Å². The Morgan fingerprint density at radius 3 is 1.73 bits per heavy atom. The maximum atomic E-state index is 11.1. The predicted molar refractivity (Wildman–Crippen MR) is 52.3 cm³/mol. The molecule has 0 radical (unpaired) electrons. The predicted octanol–water partition coefficient (Wildman–Crippen LogP) is 1.52. The molecule has 15 heavy (non-hydrogen) atoms. The lowest BCUT2D eigenvalue weighted by molar-refractivity contribution is -0.164. The van der Waals surface area contributed by atoms with Crippen molar-refractivity contribution in [1.29, 1.82) is 0 Å². The van der Waals surface area contributed by atoms with E-state index >= 15 is 0 Å². The Hall–Kier alpha value is -1.32. The van der Waals surface area contributed by atoms with Crippen LogP contribution in [0.25, 0.3) is 0 Å². The second-order valence-corrected chi connectivity index (χ2v) is 4.56. The van der Waals surface area contributed by atoms with Gasteiger partial charge in [0.15, 0.2) is 5.41 Å². The molecule has 2 N–H and O–H groups in total.